The number of esters is 1. The number of carbonyl (C=O) groups is 1. The molecule has 0 saturated carbocycles. The number of pyridine rings is 1. The second kappa shape index (κ2) is 8.14. The summed E-state index contributed by atoms with van der Waals surface area (Å²) in [5.41, 5.74) is -4.93. The van der Waals surface area contributed by atoms with Gasteiger partial charge in [0.25, 0.3) is 5.56 Å². The molecule has 0 aliphatic rings. The molecule has 5 nitrogen and oxygen atoms in total. The van der Waals surface area contributed by atoms with E-state index >= 15 is 0 Å². The fraction of sp³-hybridized carbons (Fsp3) is 0.333. The van der Waals surface area contributed by atoms with Crippen molar-refractivity contribution in [3.05, 3.63) is 68.1 Å². The molecule has 2 atom stereocenters. The lowest BCUT2D eigenvalue weighted by molar-refractivity contribution is -0.274. The van der Waals surface area contributed by atoms with Gasteiger partial charge < -0.3 is 9.84 Å². The standard InChI is InChI=1S/C18H16Cl2F3NO4/c1-10(14-4-3-13(19)8-15(14)20)17(27,18(21,22)23)12-5-6-24(16(26)7-12)9-28-11(2)25/h3-8,10,27H,9H2,1-2H3. The number of aliphatic hydroxyl groups is 1. The average molecular weight is 438 g/mol. The van der Waals surface area contributed by atoms with E-state index in [9.17, 15) is 27.9 Å². The molecule has 0 spiro atoms. The summed E-state index contributed by atoms with van der Waals surface area (Å²) in [6.45, 7) is 1.81. The number of hydrogen-bond donors (Lipinski definition) is 1. The van der Waals surface area contributed by atoms with Gasteiger partial charge in [0.1, 0.15) is 0 Å². The van der Waals surface area contributed by atoms with E-state index in [1.807, 2.05) is 0 Å². The number of alkyl halides is 3. The van der Waals surface area contributed by atoms with Gasteiger partial charge in [0.2, 0.25) is 0 Å². The first-order valence-corrected chi connectivity index (χ1v) is 8.72. The molecule has 1 N–H and O–H groups in total. The predicted octanol–water partition coefficient (Wildman–Crippen LogP) is 4.23. The summed E-state index contributed by atoms with van der Waals surface area (Å²) in [7, 11) is 0. The van der Waals surface area contributed by atoms with E-state index in [1.54, 1.807) is 0 Å². The van der Waals surface area contributed by atoms with Crippen molar-refractivity contribution in [2.75, 3.05) is 0 Å². The monoisotopic (exact) mass is 437 g/mol. The highest BCUT2D eigenvalue weighted by molar-refractivity contribution is 6.35. The van der Waals surface area contributed by atoms with Gasteiger partial charge in [-0.05, 0) is 23.8 Å². The quantitative estimate of drug-likeness (QED) is 0.710. The molecule has 28 heavy (non-hydrogen) atoms. The van der Waals surface area contributed by atoms with Crippen molar-refractivity contribution < 1.29 is 27.8 Å². The van der Waals surface area contributed by atoms with E-state index in [-0.39, 0.29) is 15.6 Å². The Kier molecular flexibility index (Phi) is 6.48. The summed E-state index contributed by atoms with van der Waals surface area (Å²) in [4.78, 5) is 23.0. The fourth-order valence-electron chi connectivity index (χ4n) is 2.75. The molecule has 0 aliphatic carbocycles. The lowest BCUT2D eigenvalue weighted by Crippen LogP contribution is -2.47. The Morgan fingerprint density at radius 1 is 1.25 bits per heavy atom. The highest BCUT2D eigenvalue weighted by Crippen LogP contribution is 2.49. The van der Waals surface area contributed by atoms with Crippen LogP contribution in [0, 0.1) is 0 Å². The van der Waals surface area contributed by atoms with Gasteiger partial charge in [0.15, 0.2) is 12.3 Å². The Bertz CT molecular complexity index is 945. The number of hydrogen-bond acceptors (Lipinski definition) is 4. The molecule has 152 valence electrons. The lowest BCUT2D eigenvalue weighted by Gasteiger charge is -2.37. The van der Waals surface area contributed by atoms with E-state index in [4.69, 9.17) is 23.2 Å². The van der Waals surface area contributed by atoms with Gasteiger partial charge in [-0.2, -0.15) is 13.2 Å². The Morgan fingerprint density at radius 3 is 2.39 bits per heavy atom. The molecule has 10 heteroatoms. The predicted molar refractivity (Wildman–Crippen MR) is 97.3 cm³/mol. The molecular formula is C18H16Cl2F3NO4. The number of rotatable bonds is 5. The van der Waals surface area contributed by atoms with Crippen molar-refractivity contribution in [3.8, 4) is 0 Å². The van der Waals surface area contributed by atoms with E-state index in [2.05, 4.69) is 4.74 Å². The first-order chi connectivity index (χ1) is 12.9. The Balaban J connectivity index is 2.55. The van der Waals surface area contributed by atoms with Gasteiger partial charge in [0, 0.05) is 40.7 Å². The van der Waals surface area contributed by atoms with Crippen LogP contribution in [-0.2, 0) is 21.9 Å². The van der Waals surface area contributed by atoms with Crippen LogP contribution in [0.25, 0.3) is 0 Å². The van der Waals surface area contributed by atoms with Crippen LogP contribution in [0.5, 0.6) is 0 Å². The molecule has 0 saturated heterocycles. The lowest BCUT2D eigenvalue weighted by atomic mass is 9.78. The SMILES string of the molecule is CC(=O)OCn1ccc(C(O)(C(C)c2ccc(Cl)cc2Cl)C(F)(F)F)cc1=O. The number of benzene rings is 1. The number of ether oxygens (including phenoxy) is 1. The van der Waals surface area contributed by atoms with Crippen molar-refractivity contribution in [2.45, 2.75) is 38.3 Å². The third-order valence-corrected chi connectivity index (χ3v) is 4.89. The van der Waals surface area contributed by atoms with Crippen LogP contribution in [0.4, 0.5) is 13.2 Å². The first kappa shape index (κ1) is 22.3. The molecule has 1 aromatic heterocycles. The van der Waals surface area contributed by atoms with Crippen LogP contribution in [0.15, 0.2) is 41.3 Å². The van der Waals surface area contributed by atoms with Gasteiger partial charge >= 0.3 is 12.1 Å². The summed E-state index contributed by atoms with van der Waals surface area (Å²) >= 11 is 11.8. The summed E-state index contributed by atoms with van der Waals surface area (Å²) < 4.78 is 47.3. The van der Waals surface area contributed by atoms with E-state index in [1.165, 1.54) is 18.2 Å². The molecule has 2 aromatic rings. The minimum absolute atomic E-state index is 0.00924. The number of carbonyl (C=O) groups excluding carboxylic acids is 1. The zero-order valence-electron chi connectivity index (χ0n) is 14.8. The maximum atomic E-state index is 13.9. The molecule has 0 radical (unpaired) electrons. The fourth-order valence-corrected chi connectivity index (χ4v) is 3.32. The summed E-state index contributed by atoms with van der Waals surface area (Å²) in [5.74, 6) is -2.21. The van der Waals surface area contributed by atoms with Gasteiger partial charge in [0.05, 0.1) is 0 Å². The van der Waals surface area contributed by atoms with Gasteiger partial charge in [-0.1, -0.05) is 36.2 Å². The maximum absolute atomic E-state index is 13.9. The van der Waals surface area contributed by atoms with Crippen molar-refractivity contribution in [1.29, 1.82) is 0 Å². The van der Waals surface area contributed by atoms with Crippen LogP contribution in [0.3, 0.4) is 0 Å². The van der Waals surface area contributed by atoms with Crippen LogP contribution < -0.4 is 5.56 Å². The van der Waals surface area contributed by atoms with Crippen molar-refractivity contribution in [2.24, 2.45) is 0 Å². The van der Waals surface area contributed by atoms with Crippen LogP contribution in [0.2, 0.25) is 10.0 Å². The minimum Gasteiger partial charge on any atom is -0.444 e. The zero-order chi connectivity index (χ0) is 21.3. The molecule has 1 heterocycles. The molecule has 0 amide bonds. The summed E-state index contributed by atoms with van der Waals surface area (Å²) in [5, 5.41) is 10.9. The maximum Gasteiger partial charge on any atom is 0.422 e. The third kappa shape index (κ3) is 4.34. The molecule has 2 rings (SSSR count). The Morgan fingerprint density at radius 2 is 1.89 bits per heavy atom. The van der Waals surface area contributed by atoms with Crippen molar-refractivity contribution in [1.82, 2.24) is 4.57 Å². The second-order valence-corrected chi connectivity index (χ2v) is 6.98. The van der Waals surface area contributed by atoms with Crippen molar-refractivity contribution in [3.63, 3.8) is 0 Å². The van der Waals surface area contributed by atoms with E-state index < -0.39 is 41.5 Å². The summed E-state index contributed by atoms with van der Waals surface area (Å²) in [6.07, 6.45) is -4.11. The molecule has 1 aromatic carbocycles. The third-order valence-electron chi connectivity index (χ3n) is 4.33. The average Bonchev–Trinajstić information content (AvgIpc) is 2.58. The molecule has 0 aliphatic heterocycles. The number of aromatic nitrogens is 1. The van der Waals surface area contributed by atoms with E-state index in [0.717, 1.165) is 30.7 Å². The molecule has 0 bridgehead atoms. The zero-order valence-corrected chi connectivity index (χ0v) is 16.3. The van der Waals surface area contributed by atoms with Crippen LogP contribution >= 0.6 is 23.2 Å². The number of halogens is 5. The highest BCUT2D eigenvalue weighted by atomic mass is 35.5. The smallest absolute Gasteiger partial charge is 0.422 e. The second-order valence-electron chi connectivity index (χ2n) is 6.14. The first-order valence-electron chi connectivity index (χ1n) is 7.96. The largest absolute Gasteiger partial charge is 0.444 e. The topological polar surface area (TPSA) is 68.5 Å². The van der Waals surface area contributed by atoms with Gasteiger partial charge in [-0.15, -0.1) is 0 Å². The van der Waals surface area contributed by atoms with Crippen LogP contribution in [0.1, 0.15) is 30.9 Å². The molecule has 2 unspecified atom stereocenters. The van der Waals surface area contributed by atoms with E-state index in [0.29, 0.717) is 6.07 Å². The Hall–Kier alpha value is -2.03. The molecular weight excluding hydrogens is 422 g/mol. The number of nitrogens with zero attached hydrogens (tertiary/aromatic N) is 1. The van der Waals surface area contributed by atoms with Crippen molar-refractivity contribution >= 4 is 29.2 Å². The summed E-state index contributed by atoms with van der Waals surface area (Å²) in [6, 6.07) is 5.50. The Labute approximate surface area is 168 Å². The highest BCUT2D eigenvalue weighted by Gasteiger charge is 2.59. The molecule has 0 fully saturated rings. The van der Waals surface area contributed by atoms with Crippen LogP contribution in [-0.4, -0.2) is 21.8 Å². The minimum atomic E-state index is -5.12. The van der Waals surface area contributed by atoms with Gasteiger partial charge in [-0.25, -0.2) is 0 Å². The normalized spacial score (nSPS) is 15.0. The van der Waals surface area contributed by atoms with Gasteiger partial charge in [-0.3, -0.25) is 14.2 Å².